The number of carbonyl (C=O) groups excluding carboxylic acids is 1. The van der Waals surface area contributed by atoms with Crippen LogP contribution in [0.3, 0.4) is 0 Å². The van der Waals surface area contributed by atoms with Gasteiger partial charge in [0.05, 0.1) is 18.8 Å². The Labute approximate surface area is 194 Å². The molecule has 1 aliphatic rings. The van der Waals surface area contributed by atoms with E-state index < -0.39 is 11.5 Å². The predicted octanol–water partition coefficient (Wildman–Crippen LogP) is 4.49. The fourth-order valence-corrected chi connectivity index (χ4v) is 3.93. The molecule has 0 aliphatic carbocycles. The largest absolute Gasteiger partial charge is 0.424 e. The maximum absolute atomic E-state index is 12.3. The summed E-state index contributed by atoms with van der Waals surface area (Å²) in [6, 6.07) is 15.3. The highest BCUT2D eigenvalue weighted by Crippen LogP contribution is 2.25. The van der Waals surface area contributed by atoms with Gasteiger partial charge in [-0.25, -0.2) is 4.79 Å². The molecule has 1 aliphatic heterocycles. The Kier molecular flexibility index (Phi) is 8.50. The molecule has 3 rings (SSSR count). The van der Waals surface area contributed by atoms with Crippen LogP contribution in [0.15, 0.2) is 65.2 Å². The lowest BCUT2D eigenvalue weighted by Gasteiger charge is -2.41. The van der Waals surface area contributed by atoms with Gasteiger partial charge in [0, 0.05) is 23.5 Å². The van der Waals surface area contributed by atoms with Crippen molar-refractivity contribution in [3.8, 4) is 5.75 Å². The molecule has 2 aromatic carbocycles. The average Bonchev–Trinajstić information content (AvgIpc) is 2.83. The van der Waals surface area contributed by atoms with Crippen molar-refractivity contribution in [2.75, 3.05) is 39.2 Å². The summed E-state index contributed by atoms with van der Waals surface area (Å²) in [4.78, 5) is 21.2. The molecule has 170 valence electrons. The van der Waals surface area contributed by atoms with E-state index in [2.05, 4.69) is 42.6 Å². The molecule has 0 radical (unpaired) electrons. The first-order valence-corrected chi connectivity index (χ1v) is 11.8. The summed E-state index contributed by atoms with van der Waals surface area (Å²) >= 11 is 1.68. The van der Waals surface area contributed by atoms with Crippen molar-refractivity contribution in [2.24, 2.45) is 5.16 Å². The third-order valence-corrected chi connectivity index (χ3v) is 6.17. The van der Waals surface area contributed by atoms with E-state index in [1.54, 1.807) is 30.0 Å². The van der Waals surface area contributed by atoms with Crippen molar-refractivity contribution in [1.82, 2.24) is 4.90 Å². The molecule has 0 aromatic heterocycles. The minimum atomic E-state index is -0.513. The highest BCUT2D eigenvalue weighted by Gasteiger charge is 2.35. The molecule has 0 bridgehead atoms. The van der Waals surface area contributed by atoms with Gasteiger partial charge in [-0.15, -0.1) is 11.8 Å². The van der Waals surface area contributed by atoms with Crippen molar-refractivity contribution in [2.45, 2.75) is 24.3 Å². The van der Waals surface area contributed by atoms with Crippen LogP contribution < -0.4 is 4.74 Å². The monoisotopic (exact) mass is 454 g/mol. The van der Waals surface area contributed by atoms with E-state index in [4.69, 9.17) is 14.3 Å². The molecule has 32 heavy (non-hydrogen) atoms. The summed E-state index contributed by atoms with van der Waals surface area (Å²) in [6.07, 6.45) is 3.77. The fraction of sp³-hybridized carbons (Fsp3) is 0.360. The molecule has 7 heteroatoms. The third kappa shape index (κ3) is 6.22. The zero-order chi connectivity index (χ0) is 23.0. The van der Waals surface area contributed by atoms with Gasteiger partial charge in [0.15, 0.2) is 0 Å². The van der Waals surface area contributed by atoms with Gasteiger partial charge in [0.1, 0.15) is 11.5 Å². The van der Waals surface area contributed by atoms with E-state index in [1.165, 1.54) is 4.90 Å². The lowest BCUT2D eigenvalue weighted by Crippen LogP contribution is -2.54. The van der Waals surface area contributed by atoms with Crippen molar-refractivity contribution < 1.29 is 19.1 Å². The highest BCUT2D eigenvalue weighted by atomic mass is 32.2. The third-order valence-electron chi connectivity index (χ3n) is 5.43. The molecule has 0 amide bonds. The molecule has 0 unspecified atom stereocenters. The predicted molar refractivity (Wildman–Crippen MR) is 129 cm³/mol. The molecule has 1 fully saturated rings. The fourth-order valence-electron chi connectivity index (χ4n) is 3.52. The van der Waals surface area contributed by atoms with Crippen LogP contribution in [0.1, 0.15) is 25.0 Å². The normalized spacial score (nSPS) is 15.3. The number of morpholine rings is 1. The first kappa shape index (κ1) is 24.0. The maximum Gasteiger partial charge on any atom is 0.352 e. The molecule has 0 spiro atoms. The van der Waals surface area contributed by atoms with E-state index in [1.807, 2.05) is 30.5 Å². The summed E-state index contributed by atoms with van der Waals surface area (Å²) in [5.74, 6) is -0.0592. The van der Waals surface area contributed by atoms with Crippen LogP contribution in [0.4, 0.5) is 0 Å². The van der Waals surface area contributed by atoms with Gasteiger partial charge in [-0.05, 0) is 49.9 Å². The second-order valence-corrected chi connectivity index (χ2v) is 8.73. The molecular formula is C25H30N2O4S. The number of hydrogen-bond donors (Lipinski definition) is 0. The lowest BCUT2D eigenvalue weighted by molar-refractivity contribution is -0.139. The average molecular weight is 455 g/mol. The first-order valence-electron chi connectivity index (χ1n) is 10.5. The minimum Gasteiger partial charge on any atom is -0.424 e. The molecule has 2 aromatic rings. The van der Waals surface area contributed by atoms with Crippen LogP contribution >= 0.6 is 11.8 Å². The minimum absolute atomic E-state index is 0.283. The number of rotatable bonds is 9. The summed E-state index contributed by atoms with van der Waals surface area (Å²) < 4.78 is 10.8. The van der Waals surface area contributed by atoms with Crippen molar-refractivity contribution >= 4 is 29.5 Å². The Bertz CT molecular complexity index is 933. The number of thioether (sulfide) groups is 1. The molecule has 0 atom stereocenters. The SMILES string of the molecule is C=Cc1ccc(OC(=O)CO/N=C(/c2ccc(SC)cc2)C(C)(C)N2CCOCC2)cc1. The summed E-state index contributed by atoms with van der Waals surface area (Å²) in [5, 5.41) is 4.42. The molecular weight excluding hydrogens is 424 g/mol. The van der Waals surface area contributed by atoms with Crippen LogP contribution in [-0.2, 0) is 14.4 Å². The molecule has 1 saturated heterocycles. The standard InChI is InChI=1S/C25H30N2O4S/c1-5-19-6-10-21(11-7-19)31-23(28)18-30-26-24(20-8-12-22(32-4)13-9-20)25(2,3)27-14-16-29-17-15-27/h5-13H,1,14-18H2,2-4H3/b26-24-. The van der Waals surface area contributed by atoms with Crippen molar-refractivity contribution in [3.63, 3.8) is 0 Å². The van der Waals surface area contributed by atoms with Gasteiger partial charge in [0.25, 0.3) is 0 Å². The lowest BCUT2D eigenvalue weighted by atomic mass is 9.90. The van der Waals surface area contributed by atoms with Gasteiger partial charge in [-0.1, -0.05) is 42.1 Å². The second-order valence-electron chi connectivity index (χ2n) is 7.85. The van der Waals surface area contributed by atoms with E-state index in [0.29, 0.717) is 19.0 Å². The number of esters is 1. The van der Waals surface area contributed by atoms with Gasteiger partial charge in [-0.2, -0.15) is 0 Å². The van der Waals surface area contributed by atoms with E-state index in [-0.39, 0.29) is 6.61 Å². The number of ether oxygens (including phenoxy) is 2. The molecule has 0 N–H and O–H groups in total. The number of benzene rings is 2. The summed E-state index contributed by atoms with van der Waals surface area (Å²) in [6.45, 7) is 10.6. The van der Waals surface area contributed by atoms with E-state index >= 15 is 0 Å². The van der Waals surface area contributed by atoms with Crippen molar-refractivity contribution in [3.05, 3.63) is 66.2 Å². The number of carbonyl (C=O) groups is 1. The zero-order valence-electron chi connectivity index (χ0n) is 18.9. The van der Waals surface area contributed by atoms with Crippen LogP contribution in [-0.4, -0.2) is 61.3 Å². The number of hydrogen-bond acceptors (Lipinski definition) is 7. The smallest absolute Gasteiger partial charge is 0.352 e. The van der Waals surface area contributed by atoms with Crippen LogP contribution in [0.5, 0.6) is 5.75 Å². The van der Waals surface area contributed by atoms with Gasteiger partial charge < -0.3 is 14.3 Å². The molecule has 6 nitrogen and oxygen atoms in total. The Hall–Kier alpha value is -2.61. The number of nitrogens with zero attached hydrogens (tertiary/aromatic N) is 2. The molecule has 0 saturated carbocycles. The number of oxime groups is 1. The van der Waals surface area contributed by atoms with Crippen LogP contribution in [0.25, 0.3) is 6.08 Å². The Morgan fingerprint density at radius 3 is 2.41 bits per heavy atom. The Balaban J connectivity index is 1.74. The van der Waals surface area contributed by atoms with Gasteiger partial charge in [-0.3, -0.25) is 4.90 Å². The summed E-state index contributed by atoms with van der Waals surface area (Å²) in [5.41, 5.74) is 2.26. The Morgan fingerprint density at radius 1 is 1.16 bits per heavy atom. The first-order chi connectivity index (χ1) is 15.4. The zero-order valence-corrected chi connectivity index (χ0v) is 19.7. The topological polar surface area (TPSA) is 60.4 Å². The van der Waals surface area contributed by atoms with Crippen molar-refractivity contribution in [1.29, 1.82) is 0 Å². The quantitative estimate of drug-likeness (QED) is 0.183. The second kappa shape index (κ2) is 11.3. The van der Waals surface area contributed by atoms with Crippen LogP contribution in [0, 0.1) is 0 Å². The maximum atomic E-state index is 12.3. The van der Waals surface area contributed by atoms with Crippen LogP contribution in [0.2, 0.25) is 0 Å². The van der Waals surface area contributed by atoms with E-state index in [9.17, 15) is 4.79 Å². The summed E-state index contributed by atoms with van der Waals surface area (Å²) in [7, 11) is 0. The molecule has 1 heterocycles. The Morgan fingerprint density at radius 2 is 1.81 bits per heavy atom. The van der Waals surface area contributed by atoms with Gasteiger partial charge in [0.2, 0.25) is 6.61 Å². The highest BCUT2D eigenvalue weighted by molar-refractivity contribution is 7.98. The van der Waals surface area contributed by atoms with E-state index in [0.717, 1.165) is 29.9 Å². The van der Waals surface area contributed by atoms with Gasteiger partial charge >= 0.3 is 5.97 Å².